The maximum Gasteiger partial charge on any atom is 0.306 e. The van der Waals surface area contributed by atoms with E-state index in [2.05, 4.69) is 0 Å². The number of ether oxygens (including phenoxy) is 1. The molecule has 0 aromatic heterocycles. The molecule has 13 heavy (non-hydrogen) atoms. The fourth-order valence-electron chi connectivity index (χ4n) is 1.57. The van der Waals surface area contributed by atoms with Crippen molar-refractivity contribution in [3.05, 3.63) is 0 Å². The molecule has 2 atom stereocenters. The fourth-order valence-corrected chi connectivity index (χ4v) is 1.57. The highest BCUT2D eigenvalue weighted by Crippen LogP contribution is 2.17. The first-order chi connectivity index (χ1) is 6.20. The summed E-state index contributed by atoms with van der Waals surface area (Å²) in [5, 5.41) is 8.83. The Hall–Kier alpha value is -0.610. The van der Waals surface area contributed by atoms with E-state index in [4.69, 9.17) is 15.6 Å². The van der Waals surface area contributed by atoms with E-state index in [0.29, 0.717) is 13.0 Å². The van der Waals surface area contributed by atoms with Gasteiger partial charge < -0.3 is 15.6 Å². The van der Waals surface area contributed by atoms with Gasteiger partial charge in [0.05, 0.1) is 5.92 Å². The molecule has 4 nitrogen and oxygen atoms in total. The average Bonchev–Trinajstić information content (AvgIpc) is 2.16. The molecule has 0 amide bonds. The molecule has 1 aliphatic rings. The topological polar surface area (TPSA) is 72.6 Å². The molecule has 4 heteroatoms. The molecule has 1 fully saturated rings. The molecule has 76 valence electrons. The molecule has 0 bridgehead atoms. The molecule has 1 saturated heterocycles. The van der Waals surface area contributed by atoms with Crippen LogP contribution in [0.1, 0.15) is 32.1 Å². The normalized spacial score (nSPS) is 31.5. The zero-order chi connectivity index (χ0) is 9.68. The van der Waals surface area contributed by atoms with Gasteiger partial charge in [0.2, 0.25) is 0 Å². The van der Waals surface area contributed by atoms with Crippen LogP contribution in [0.25, 0.3) is 0 Å². The van der Waals surface area contributed by atoms with Gasteiger partial charge in [-0.3, -0.25) is 4.79 Å². The number of rotatable bonds is 1. The van der Waals surface area contributed by atoms with Crippen LogP contribution in [0.5, 0.6) is 0 Å². The molecule has 0 aromatic rings. The quantitative estimate of drug-likeness (QED) is 0.641. The van der Waals surface area contributed by atoms with Gasteiger partial charge in [0.15, 0.2) is 0 Å². The number of nitrogens with two attached hydrogens (primary N) is 1. The number of carboxylic acid groups (broad SMARTS) is 1. The van der Waals surface area contributed by atoms with Gasteiger partial charge in [-0.25, -0.2) is 0 Å². The summed E-state index contributed by atoms with van der Waals surface area (Å²) in [6.45, 7) is 0.470. The predicted octanol–water partition coefficient (Wildman–Crippen LogP) is 0.953. The van der Waals surface area contributed by atoms with E-state index < -0.39 is 5.97 Å². The molecule has 1 aliphatic heterocycles. The molecular formula is C9H17NO3. The highest BCUT2D eigenvalue weighted by Gasteiger charge is 2.19. The molecule has 2 unspecified atom stereocenters. The Labute approximate surface area is 78.1 Å². The van der Waals surface area contributed by atoms with Crippen LogP contribution in [0, 0.1) is 5.92 Å². The highest BCUT2D eigenvalue weighted by atomic mass is 16.5. The van der Waals surface area contributed by atoms with Gasteiger partial charge in [-0.15, -0.1) is 0 Å². The van der Waals surface area contributed by atoms with Crippen LogP contribution in [0.3, 0.4) is 0 Å². The van der Waals surface area contributed by atoms with Gasteiger partial charge in [-0.05, 0) is 25.7 Å². The lowest BCUT2D eigenvalue weighted by atomic mass is 9.99. The molecule has 1 heterocycles. The van der Waals surface area contributed by atoms with Crippen LogP contribution in [-0.4, -0.2) is 23.9 Å². The summed E-state index contributed by atoms with van der Waals surface area (Å²) < 4.78 is 5.26. The van der Waals surface area contributed by atoms with Crippen molar-refractivity contribution < 1.29 is 14.6 Å². The fraction of sp³-hybridized carbons (Fsp3) is 0.889. The van der Waals surface area contributed by atoms with E-state index in [9.17, 15) is 4.79 Å². The van der Waals surface area contributed by atoms with Crippen molar-refractivity contribution in [3.8, 4) is 0 Å². The largest absolute Gasteiger partial charge is 0.481 e. The first kappa shape index (κ1) is 10.5. The van der Waals surface area contributed by atoms with Gasteiger partial charge in [0, 0.05) is 6.61 Å². The van der Waals surface area contributed by atoms with E-state index in [-0.39, 0.29) is 12.1 Å². The SMILES string of the molecule is NC1CCCCC(C(=O)O)CCO1. The van der Waals surface area contributed by atoms with E-state index in [1.54, 1.807) is 0 Å². The molecule has 0 aromatic carbocycles. The Morgan fingerprint density at radius 1 is 1.31 bits per heavy atom. The molecule has 1 rings (SSSR count). The zero-order valence-corrected chi connectivity index (χ0v) is 7.74. The molecular weight excluding hydrogens is 170 g/mol. The van der Waals surface area contributed by atoms with Crippen molar-refractivity contribution in [3.63, 3.8) is 0 Å². The van der Waals surface area contributed by atoms with Crippen molar-refractivity contribution in [2.75, 3.05) is 6.61 Å². The highest BCUT2D eigenvalue weighted by molar-refractivity contribution is 5.69. The third-order valence-corrected chi connectivity index (χ3v) is 2.44. The summed E-state index contributed by atoms with van der Waals surface area (Å²) >= 11 is 0. The maximum absolute atomic E-state index is 10.7. The number of aliphatic carboxylic acids is 1. The first-order valence-corrected chi connectivity index (χ1v) is 4.80. The lowest BCUT2D eigenvalue weighted by Gasteiger charge is -2.11. The number of carboxylic acids is 1. The minimum atomic E-state index is -0.709. The Kier molecular flexibility index (Phi) is 4.18. The second kappa shape index (κ2) is 5.19. The second-order valence-corrected chi connectivity index (χ2v) is 3.52. The van der Waals surface area contributed by atoms with E-state index in [1.165, 1.54) is 0 Å². The lowest BCUT2D eigenvalue weighted by Crippen LogP contribution is -2.24. The summed E-state index contributed by atoms with van der Waals surface area (Å²) in [6, 6.07) is 0. The molecule has 0 spiro atoms. The van der Waals surface area contributed by atoms with Gasteiger partial charge in [0.25, 0.3) is 0 Å². The Balaban J connectivity index is 2.38. The Morgan fingerprint density at radius 3 is 2.69 bits per heavy atom. The predicted molar refractivity (Wildman–Crippen MR) is 48.1 cm³/mol. The minimum absolute atomic E-state index is 0.201. The summed E-state index contributed by atoms with van der Waals surface area (Å²) in [5.41, 5.74) is 5.63. The summed E-state index contributed by atoms with van der Waals surface area (Å²) in [7, 11) is 0. The average molecular weight is 187 g/mol. The maximum atomic E-state index is 10.7. The van der Waals surface area contributed by atoms with Crippen molar-refractivity contribution in [1.29, 1.82) is 0 Å². The smallest absolute Gasteiger partial charge is 0.306 e. The molecule has 0 aliphatic carbocycles. The van der Waals surface area contributed by atoms with Crippen LogP contribution < -0.4 is 5.73 Å². The third kappa shape index (κ3) is 3.74. The molecule has 0 radical (unpaired) electrons. The van der Waals surface area contributed by atoms with Crippen LogP contribution in [0.2, 0.25) is 0 Å². The van der Waals surface area contributed by atoms with Crippen molar-refractivity contribution in [1.82, 2.24) is 0 Å². The van der Waals surface area contributed by atoms with Crippen molar-refractivity contribution in [2.24, 2.45) is 11.7 Å². The number of carbonyl (C=O) groups is 1. The van der Waals surface area contributed by atoms with Crippen LogP contribution in [0.15, 0.2) is 0 Å². The standard InChI is InChI=1S/C9H17NO3/c10-8-4-2-1-3-7(9(11)12)5-6-13-8/h7-8H,1-6,10H2,(H,11,12). The van der Waals surface area contributed by atoms with Gasteiger partial charge in [0.1, 0.15) is 6.23 Å². The third-order valence-electron chi connectivity index (χ3n) is 2.44. The van der Waals surface area contributed by atoms with Crippen molar-refractivity contribution >= 4 is 5.97 Å². The summed E-state index contributed by atoms with van der Waals surface area (Å²) in [4.78, 5) is 10.7. The first-order valence-electron chi connectivity index (χ1n) is 4.80. The molecule has 3 N–H and O–H groups in total. The lowest BCUT2D eigenvalue weighted by molar-refractivity contribution is -0.142. The van der Waals surface area contributed by atoms with Gasteiger partial charge >= 0.3 is 5.97 Å². The summed E-state index contributed by atoms with van der Waals surface area (Å²) in [6.07, 6.45) is 3.88. The van der Waals surface area contributed by atoms with E-state index >= 15 is 0 Å². The van der Waals surface area contributed by atoms with E-state index in [1.807, 2.05) is 0 Å². The Bertz CT molecular complexity index is 172. The number of hydrogen-bond acceptors (Lipinski definition) is 3. The minimum Gasteiger partial charge on any atom is -0.481 e. The van der Waals surface area contributed by atoms with Crippen LogP contribution in [0.4, 0.5) is 0 Å². The van der Waals surface area contributed by atoms with Crippen LogP contribution >= 0.6 is 0 Å². The Morgan fingerprint density at radius 2 is 2.00 bits per heavy atom. The van der Waals surface area contributed by atoms with Gasteiger partial charge in [-0.2, -0.15) is 0 Å². The summed E-state index contributed by atoms with van der Waals surface area (Å²) in [5.74, 6) is -0.954. The van der Waals surface area contributed by atoms with E-state index in [0.717, 1.165) is 25.7 Å². The second-order valence-electron chi connectivity index (χ2n) is 3.52. The van der Waals surface area contributed by atoms with Crippen LogP contribution in [-0.2, 0) is 9.53 Å². The van der Waals surface area contributed by atoms with Gasteiger partial charge in [-0.1, -0.05) is 6.42 Å². The molecule has 0 saturated carbocycles. The number of hydrogen-bond donors (Lipinski definition) is 2. The monoisotopic (exact) mass is 187 g/mol. The zero-order valence-electron chi connectivity index (χ0n) is 7.74. The van der Waals surface area contributed by atoms with Crippen molar-refractivity contribution in [2.45, 2.75) is 38.3 Å².